The van der Waals surface area contributed by atoms with Gasteiger partial charge in [-0.15, -0.1) is 10.2 Å². The molecule has 9 heteroatoms. The molecule has 1 amide bonds. The van der Waals surface area contributed by atoms with Crippen LogP contribution in [0.2, 0.25) is 0 Å². The number of carbonyl (C=O) groups is 2. The van der Waals surface area contributed by atoms with Gasteiger partial charge in [-0.25, -0.2) is 4.79 Å². The van der Waals surface area contributed by atoms with E-state index in [-0.39, 0.29) is 34.0 Å². The highest BCUT2D eigenvalue weighted by molar-refractivity contribution is 7.99. The topological polar surface area (TPSA) is 114 Å². The number of esters is 1. The van der Waals surface area contributed by atoms with E-state index >= 15 is 0 Å². The first-order valence-electron chi connectivity index (χ1n) is 6.77. The third-order valence-corrected chi connectivity index (χ3v) is 3.57. The number of ether oxygens (including phenoxy) is 1. The van der Waals surface area contributed by atoms with Crippen molar-refractivity contribution in [3.05, 3.63) is 16.0 Å². The van der Waals surface area contributed by atoms with Gasteiger partial charge in [0.25, 0.3) is 5.56 Å². The molecule has 1 aromatic heterocycles. The van der Waals surface area contributed by atoms with Crippen molar-refractivity contribution >= 4 is 23.6 Å². The second kappa shape index (κ2) is 8.52. The maximum absolute atomic E-state index is 11.9. The van der Waals surface area contributed by atoms with E-state index in [1.165, 1.54) is 7.11 Å². The van der Waals surface area contributed by atoms with Gasteiger partial charge in [-0.2, -0.15) is 0 Å². The fourth-order valence-electron chi connectivity index (χ4n) is 1.64. The van der Waals surface area contributed by atoms with Gasteiger partial charge in [0.05, 0.1) is 12.9 Å². The van der Waals surface area contributed by atoms with Crippen molar-refractivity contribution in [3.63, 3.8) is 0 Å². The number of rotatable bonds is 7. The van der Waals surface area contributed by atoms with Crippen LogP contribution in [0, 0.1) is 12.8 Å². The van der Waals surface area contributed by atoms with Gasteiger partial charge < -0.3 is 10.1 Å². The number of hydrogen-bond acceptors (Lipinski definition) is 7. The van der Waals surface area contributed by atoms with Crippen LogP contribution < -0.4 is 10.9 Å². The van der Waals surface area contributed by atoms with E-state index in [1.807, 2.05) is 13.8 Å². The molecule has 0 aliphatic carbocycles. The minimum atomic E-state index is -0.679. The van der Waals surface area contributed by atoms with Crippen molar-refractivity contribution in [3.8, 4) is 0 Å². The van der Waals surface area contributed by atoms with Crippen molar-refractivity contribution in [1.82, 2.24) is 20.5 Å². The third-order valence-electron chi connectivity index (χ3n) is 2.71. The monoisotopic (exact) mass is 328 g/mol. The zero-order valence-corrected chi connectivity index (χ0v) is 13.8. The number of aryl methyl sites for hydroxylation is 1. The van der Waals surface area contributed by atoms with Crippen LogP contribution in [0.5, 0.6) is 0 Å². The largest absolute Gasteiger partial charge is 0.467 e. The van der Waals surface area contributed by atoms with Crippen molar-refractivity contribution in [2.24, 2.45) is 5.92 Å². The molecule has 0 saturated heterocycles. The molecule has 0 saturated carbocycles. The Kier molecular flexibility index (Phi) is 7.03. The van der Waals surface area contributed by atoms with E-state index in [0.717, 1.165) is 11.8 Å². The lowest BCUT2D eigenvalue weighted by molar-refractivity contribution is -0.145. The molecule has 0 unspecified atom stereocenters. The lowest BCUT2D eigenvalue weighted by Gasteiger charge is -2.18. The summed E-state index contributed by atoms with van der Waals surface area (Å²) in [6, 6.07) is -0.679. The fourth-order valence-corrected chi connectivity index (χ4v) is 2.26. The van der Waals surface area contributed by atoms with Crippen molar-refractivity contribution in [2.45, 2.75) is 38.4 Å². The van der Waals surface area contributed by atoms with Gasteiger partial charge in [0.2, 0.25) is 5.91 Å². The van der Waals surface area contributed by atoms with Gasteiger partial charge in [0, 0.05) is 0 Å². The number of aromatic amines is 1. The molecule has 1 heterocycles. The summed E-state index contributed by atoms with van der Waals surface area (Å²) in [6.07, 6.45) is 0.490. The van der Waals surface area contributed by atoms with Crippen LogP contribution in [-0.2, 0) is 14.3 Å². The van der Waals surface area contributed by atoms with Gasteiger partial charge in [-0.1, -0.05) is 25.6 Å². The molecular formula is C13H20N4O4S. The Hall–Kier alpha value is -1.90. The summed E-state index contributed by atoms with van der Waals surface area (Å²) in [4.78, 5) is 37.4. The molecule has 1 atom stereocenters. The maximum Gasteiger partial charge on any atom is 0.328 e. The Morgan fingerprint density at radius 1 is 1.36 bits per heavy atom. The number of nitrogens with one attached hydrogen (secondary N) is 2. The Labute approximate surface area is 132 Å². The lowest BCUT2D eigenvalue weighted by Crippen LogP contribution is -2.43. The molecule has 0 radical (unpaired) electrons. The average molecular weight is 328 g/mol. The Bertz CT molecular complexity index is 588. The summed E-state index contributed by atoms with van der Waals surface area (Å²) in [5.74, 6) is -0.574. The van der Waals surface area contributed by atoms with Crippen LogP contribution in [0.25, 0.3) is 0 Å². The van der Waals surface area contributed by atoms with Crippen LogP contribution in [0.1, 0.15) is 26.0 Å². The molecule has 0 bridgehead atoms. The van der Waals surface area contributed by atoms with Gasteiger partial charge >= 0.3 is 5.97 Å². The highest BCUT2D eigenvalue weighted by atomic mass is 32.2. The molecule has 1 aromatic rings. The minimum Gasteiger partial charge on any atom is -0.467 e. The molecule has 22 heavy (non-hydrogen) atoms. The molecule has 0 aromatic carbocycles. The van der Waals surface area contributed by atoms with Crippen molar-refractivity contribution in [1.29, 1.82) is 0 Å². The number of H-pyrrole nitrogens is 1. The molecule has 8 nitrogen and oxygen atoms in total. The summed E-state index contributed by atoms with van der Waals surface area (Å²) in [7, 11) is 1.28. The number of methoxy groups -OCH3 is 1. The molecule has 0 aliphatic heterocycles. The van der Waals surface area contributed by atoms with E-state index in [2.05, 4.69) is 25.2 Å². The van der Waals surface area contributed by atoms with E-state index in [9.17, 15) is 14.4 Å². The highest BCUT2D eigenvalue weighted by Gasteiger charge is 2.22. The second-order valence-electron chi connectivity index (χ2n) is 5.11. The van der Waals surface area contributed by atoms with Gasteiger partial charge in [-0.05, 0) is 19.3 Å². The number of nitrogens with zero attached hydrogens (tertiary/aromatic N) is 2. The first-order chi connectivity index (χ1) is 10.3. The SMILES string of the molecule is COC(=O)[C@H](CC(C)C)NC(=O)CSc1nnc(C)c(=O)[nH]1. The Balaban J connectivity index is 2.57. The zero-order valence-electron chi connectivity index (χ0n) is 13.0. The molecule has 0 fully saturated rings. The van der Waals surface area contributed by atoms with Crippen LogP contribution in [-0.4, -0.2) is 46.0 Å². The van der Waals surface area contributed by atoms with E-state index in [4.69, 9.17) is 0 Å². The van der Waals surface area contributed by atoms with E-state index in [1.54, 1.807) is 6.92 Å². The van der Waals surface area contributed by atoms with Gasteiger partial charge in [-0.3, -0.25) is 14.6 Å². The quantitative estimate of drug-likeness (QED) is 0.545. The first kappa shape index (κ1) is 18.1. The number of amides is 1. The standard InChI is InChI=1S/C13H20N4O4S/c1-7(2)5-9(12(20)21-4)14-10(18)6-22-13-15-11(19)8(3)16-17-13/h7,9H,5-6H2,1-4H3,(H,14,18)(H,15,17,19)/t9-/m0/s1. The van der Waals surface area contributed by atoms with Crippen LogP contribution in [0.4, 0.5) is 0 Å². The van der Waals surface area contributed by atoms with Gasteiger partial charge in [0.1, 0.15) is 11.7 Å². The Morgan fingerprint density at radius 2 is 2.05 bits per heavy atom. The molecule has 0 aliphatic rings. The molecule has 0 spiro atoms. The Morgan fingerprint density at radius 3 is 2.59 bits per heavy atom. The van der Waals surface area contributed by atoms with Crippen LogP contribution in [0.15, 0.2) is 9.95 Å². The minimum absolute atomic E-state index is 0.0132. The summed E-state index contributed by atoms with van der Waals surface area (Å²) < 4.78 is 4.68. The zero-order chi connectivity index (χ0) is 16.7. The highest BCUT2D eigenvalue weighted by Crippen LogP contribution is 2.10. The fraction of sp³-hybridized carbons (Fsp3) is 0.615. The summed E-state index contributed by atoms with van der Waals surface area (Å²) in [5.41, 5.74) is -0.0818. The number of thioether (sulfide) groups is 1. The number of carbonyl (C=O) groups excluding carboxylic acids is 2. The summed E-state index contributed by atoms with van der Waals surface area (Å²) >= 11 is 1.04. The van der Waals surface area contributed by atoms with Crippen LogP contribution in [0.3, 0.4) is 0 Å². The molecule has 1 rings (SSSR count). The first-order valence-corrected chi connectivity index (χ1v) is 7.75. The number of aromatic nitrogens is 3. The summed E-state index contributed by atoms with van der Waals surface area (Å²) in [5, 5.41) is 10.3. The lowest BCUT2D eigenvalue weighted by atomic mass is 10.0. The van der Waals surface area contributed by atoms with E-state index in [0.29, 0.717) is 6.42 Å². The molecule has 2 N–H and O–H groups in total. The normalized spacial score (nSPS) is 12.0. The maximum atomic E-state index is 11.9. The predicted octanol–water partition coefficient (Wildman–Crippen LogP) is 0.269. The van der Waals surface area contributed by atoms with Crippen molar-refractivity contribution < 1.29 is 14.3 Å². The second-order valence-corrected chi connectivity index (χ2v) is 6.07. The van der Waals surface area contributed by atoms with E-state index < -0.39 is 12.0 Å². The van der Waals surface area contributed by atoms with Gasteiger partial charge in [0.15, 0.2) is 5.16 Å². The molecule has 122 valence electrons. The third kappa shape index (κ3) is 5.84. The predicted molar refractivity (Wildman–Crippen MR) is 81.5 cm³/mol. The number of hydrogen-bond donors (Lipinski definition) is 2. The summed E-state index contributed by atoms with van der Waals surface area (Å²) in [6.45, 7) is 5.44. The average Bonchev–Trinajstić information content (AvgIpc) is 2.46. The van der Waals surface area contributed by atoms with Crippen molar-refractivity contribution in [2.75, 3.05) is 12.9 Å². The molecular weight excluding hydrogens is 308 g/mol. The van der Waals surface area contributed by atoms with Crippen LogP contribution >= 0.6 is 11.8 Å². The smallest absolute Gasteiger partial charge is 0.328 e.